The molecule has 0 rings (SSSR count). The van der Waals surface area contributed by atoms with E-state index in [0.717, 1.165) is 18.4 Å². The highest BCUT2D eigenvalue weighted by atomic mass is 14.3. The van der Waals surface area contributed by atoms with Crippen LogP contribution >= 0.6 is 0 Å². The fourth-order valence-corrected chi connectivity index (χ4v) is 1.24. The zero-order chi connectivity index (χ0) is 9.40. The monoisotopic (exact) mass is 162 g/mol. The molecule has 0 radical (unpaired) electrons. The van der Waals surface area contributed by atoms with Crippen LogP contribution in [0, 0.1) is 28.6 Å². The van der Waals surface area contributed by atoms with Gasteiger partial charge in [0, 0.05) is 12.5 Å². The van der Waals surface area contributed by atoms with Gasteiger partial charge in [-0.3, -0.25) is 0 Å². The maximum Gasteiger partial charge on any atom is 0.0911 e. The third-order valence-corrected chi connectivity index (χ3v) is 2.01. The molecule has 0 aromatic rings. The molecular formula is C10H14N2. The van der Waals surface area contributed by atoms with Gasteiger partial charge < -0.3 is 0 Å². The lowest BCUT2D eigenvalue weighted by molar-refractivity contribution is 0.588. The third kappa shape index (κ3) is 3.21. The molecule has 2 nitrogen and oxygen atoms in total. The van der Waals surface area contributed by atoms with Crippen molar-refractivity contribution in [3.63, 3.8) is 0 Å². The van der Waals surface area contributed by atoms with Crippen LogP contribution < -0.4 is 0 Å². The van der Waals surface area contributed by atoms with Crippen LogP contribution in [0.4, 0.5) is 0 Å². The van der Waals surface area contributed by atoms with Crippen LogP contribution in [-0.4, -0.2) is 0 Å². The molecule has 0 aliphatic rings. The number of nitriles is 2. The predicted molar refractivity (Wildman–Crippen MR) is 48.0 cm³/mol. The molecule has 12 heavy (non-hydrogen) atoms. The second-order valence-corrected chi connectivity index (χ2v) is 2.67. The van der Waals surface area contributed by atoms with Gasteiger partial charge in [-0.15, -0.1) is 0 Å². The summed E-state index contributed by atoms with van der Waals surface area (Å²) in [5.74, 6) is 0.277. The first-order chi connectivity index (χ1) is 5.79. The number of allylic oxidation sites excluding steroid dienone is 2. The summed E-state index contributed by atoms with van der Waals surface area (Å²) in [5, 5.41) is 17.0. The SMILES string of the molecule is CC/C(=C\C#N)C(CC)CC#N. The van der Waals surface area contributed by atoms with E-state index in [1.165, 1.54) is 0 Å². The average molecular weight is 162 g/mol. The summed E-state index contributed by atoms with van der Waals surface area (Å²) in [7, 11) is 0. The van der Waals surface area contributed by atoms with Crippen molar-refractivity contribution < 1.29 is 0 Å². The number of hydrogen-bond acceptors (Lipinski definition) is 2. The van der Waals surface area contributed by atoms with E-state index in [0.29, 0.717) is 6.42 Å². The Bertz CT molecular complexity index is 227. The Labute approximate surface area is 74.1 Å². The van der Waals surface area contributed by atoms with Crippen LogP contribution in [0.3, 0.4) is 0 Å². The van der Waals surface area contributed by atoms with Gasteiger partial charge in [0.05, 0.1) is 12.1 Å². The van der Waals surface area contributed by atoms with E-state index in [4.69, 9.17) is 10.5 Å². The van der Waals surface area contributed by atoms with Gasteiger partial charge in [-0.2, -0.15) is 10.5 Å². The van der Waals surface area contributed by atoms with Crippen LogP contribution in [-0.2, 0) is 0 Å². The van der Waals surface area contributed by atoms with E-state index < -0.39 is 0 Å². The van der Waals surface area contributed by atoms with Crippen molar-refractivity contribution in [3.8, 4) is 12.1 Å². The Kier molecular flexibility index (Phi) is 5.75. The van der Waals surface area contributed by atoms with Gasteiger partial charge in [0.2, 0.25) is 0 Å². The van der Waals surface area contributed by atoms with Gasteiger partial charge in [0.25, 0.3) is 0 Å². The maximum absolute atomic E-state index is 8.52. The van der Waals surface area contributed by atoms with E-state index in [1.54, 1.807) is 6.08 Å². The van der Waals surface area contributed by atoms with Crippen LogP contribution in [0.25, 0.3) is 0 Å². The van der Waals surface area contributed by atoms with Crippen LogP contribution in [0.2, 0.25) is 0 Å². The molecule has 0 N–H and O–H groups in total. The molecule has 0 fully saturated rings. The zero-order valence-corrected chi connectivity index (χ0v) is 7.67. The maximum atomic E-state index is 8.52. The van der Waals surface area contributed by atoms with Crippen LogP contribution in [0.15, 0.2) is 11.6 Å². The first-order valence-electron chi connectivity index (χ1n) is 4.25. The van der Waals surface area contributed by atoms with Gasteiger partial charge >= 0.3 is 0 Å². The minimum absolute atomic E-state index is 0.277. The minimum Gasteiger partial charge on any atom is -0.198 e. The summed E-state index contributed by atoms with van der Waals surface area (Å²) in [4.78, 5) is 0. The Hall–Kier alpha value is -1.28. The second kappa shape index (κ2) is 6.43. The van der Waals surface area contributed by atoms with E-state index in [-0.39, 0.29) is 5.92 Å². The highest BCUT2D eigenvalue weighted by Crippen LogP contribution is 2.20. The molecule has 1 atom stereocenters. The minimum atomic E-state index is 0.277. The Morgan fingerprint density at radius 2 is 2.08 bits per heavy atom. The molecule has 0 amide bonds. The highest BCUT2D eigenvalue weighted by molar-refractivity contribution is 5.16. The van der Waals surface area contributed by atoms with Gasteiger partial charge in [-0.1, -0.05) is 19.4 Å². The standard InChI is InChI=1S/C10H14N2/c1-3-9(5-7-11)10(4-2)6-8-12/h5,10H,3-4,6H2,1-2H3/b9-5+. The predicted octanol–water partition coefficient (Wildman–Crippen LogP) is 2.79. The van der Waals surface area contributed by atoms with E-state index >= 15 is 0 Å². The van der Waals surface area contributed by atoms with Crippen molar-refractivity contribution in [2.24, 2.45) is 5.92 Å². The summed E-state index contributed by atoms with van der Waals surface area (Å²) in [6.07, 6.45) is 3.91. The average Bonchev–Trinajstić information content (AvgIpc) is 2.11. The van der Waals surface area contributed by atoms with Crippen LogP contribution in [0.1, 0.15) is 33.1 Å². The van der Waals surface area contributed by atoms with Crippen molar-refractivity contribution >= 4 is 0 Å². The molecule has 0 aliphatic carbocycles. The topological polar surface area (TPSA) is 47.6 Å². The number of hydrogen-bond donors (Lipinski definition) is 0. The smallest absolute Gasteiger partial charge is 0.0911 e. The van der Waals surface area contributed by atoms with Gasteiger partial charge in [0.1, 0.15) is 0 Å². The molecular weight excluding hydrogens is 148 g/mol. The molecule has 2 heteroatoms. The lowest BCUT2D eigenvalue weighted by Gasteiger charge is -2.12. The third-order valence-electron chi connectivity index (χ3n) is 2.01. The molecule has 1 unspecified atom stereocenters. The molecule has 0 bridgehead atoms. The van der Waals surface area contributed by atoms with Crippen molar-refractivity contribution in [3.05, 3.63) is 11.6 Å². The van der Waals surface area contributed by atoms with E-state index in [2.05, 4.69) is 6.07 Å². The summed E-state index contributed by atoms with van der Waals surface area (Å²) < 4.78 is 0. The van der Waals surface area contributed by atoms with Crippen molar-refractivity contribution in [1.29, 1.82) is 10.5 Å². The Balaban J connectivity index is 4.38. The normalized spacial score (nSPS) is 13.2. The summed E-state index contributed by atoms with van der Waals surface area (Å²) in [6.45, 7) is 4.06. The number of rotatable bonds is 4. The molecule has 0 aromatic heterocycles. The fraction of sp³-hybridized carbons (Fsp3) is 0.600. The molecule has 0 aliphatic heterocycles. The van der Waals surface area contributed by atoms with Gasteiger partial charge in [-0.05, 0) is 18.8 Å². The molecule has 64 valence electrons. The Morgan fingerprint density at radius 3 is 2.42 bits per heavy atom. The number of nitrogens with zero attached hydrogens (tertiary/aromatic N) is 2. The Morgan fingerprint density at radius 1 is 1.42 bits per heavy atom. The first-order valence-corrected chi connectivity index (χ1v) is 4.25. The lowest BCUT2D eigenvalue weighted by atomic mass is 9.91. The molecule has 0 aromatic carbocycles. The largest absolute Gasteiger partial charge is 0.198 e. The summed E-state index contributed by atoms with van der Waals surface area (Å²) in [6, 6.07) is 4.16. The first kappa shape index (κ1) is 10.7. The molecule has 0 heterocycles. The molecule has 0 saturated carbocycles. The summed E-state index contributed by atoms with van der Waals surface area (Å²) >= 11 is 0. The molecule has 0 spiro atoms. The lowest BCUT2D eigenvalue weighted by Crippen LogP contribution is -2.01. The van der Waals surface area contributed by atoms with Crippen molar-refractivity contribution in [2.45, 2.75) is 33.1 Å². The van der Waals surface area contributed by atoms with Crippen LogP contribution in [0.5, 0.6) is 0 Å². The van der Waals surface area contributed by atoms with E-state index in [1.807, 2.05) is 19.9 Å². The van der Waals surface area contributed by atoms with Crippen molar-refractivity contribution in [1.82, 2.24) is 0 Å². The fourth-order valence-electron chi connectivity index (χ4n) is 1.24. The van der Waals surface area contributed by atoms with Gasteiger partial charge in [0.15, 0.2) is 0 Å². The zero-order valence-electron chi connectivity index (χ0n) is 7.67. The quantitative estimate of drug-likeness (QED) is 0.597. The van der Waals surface area contributed by atoms with Gasteiger partial charge in [-0.25, -0.2) is 0 Å². The van der Waals surface area contributed by atoms with Crippen molar-refractivity contribution in [2.75, 3.05) is 0 Å². The second-order valence-electron chi connectivity index (χ2n) is 2.67. The molecule has 0 saturated heterocycles. The highest BCUT2D eigenvalue weighted by Gasteiger charge is 2.09. The summed E-state index contributed by atoms with van der Waals surface area (Å²) in [5.41, 5.74) is 1.10. The van der Waals surface area contributed by atoms with E-state index in [9.17, 15) is 0 Å².